The highest BCUT2D eigenvalue weighted by Crippen LogP contribution is 2.29. The van der Waals surface area contributed by atoms with E-state index in [-0.39, 0.29) is 18.5 Å². The number of amides is 2. The fourth-order valence-electron chi connectivity index (χ4n) is 2.48. The Morgan fingerprint density at radius 3 is 2.57 bits per heavy atom. The molecule has 0 aliphatic carbocycles. The van der Waals surface area contributed by atoms with Gasteiger partial charge in [-0.2, -0.15) is 0 Å². The molecule has 1 aromatic carbocycles. The number of piperidine rings is 1. The summed E-state index contributed by atoms with van der Waals surface area (Å²) in [7, 11) is 0. The third-order valence-electron chi connectivity index (χ3n) is 3.52. The van der Waals surface area contributed by atoms with Crippen LogP contribution in [0.15, 0.2) is 18.2 Å². The lowest BCUT2D eigenvalue weighted by Crippen LogP contribution is -2.50. The van der Waals surface area contributed by atoms with Gasteiger partial charge in [0.05, 0.1) is 28.3 Å². The highest BCUT2D eigenvalue weighted by molar-refractivity contribution is 6.39. The highest BCUT2D eigenvalue weighted by Gasteiger charge is 2.28. The zero-order valence-electron chi connectivity index (χ0n) is 11.4. The Bertz CT molecular complexity index is 531. The molecule has 1 heterocycles. The SMILES string of the molecule is NC(=O)C1CCCCN1CC(=O)Nc1c(Cl)cccc1Cl. The number of carbonyl (C=O) groups excluding carboxylic acids is 2. The molecule has 1 aromatic rings. The van der Waals surface area contributed by atoms with Gasteiger partial charge in [-0.05, 0) is 31.5 Å². The molecule has 0 saturated carbocycles. The van der Waals surface area contributed by atoms with Crippen LogP contribution in [0.4, 0.5) is 5.69 Å². The molecule has 114 valence electrons. The van der Waals surface area contributed by atoms with Crippen LogP contribution in [-0.2, 0) is 9.59 Å². The van der Waals surface area contributed by atoms with Crippen LogP contribution in [0.25, 0.3) is 0 Å². The molecule has 7 heteroatoms. The molecule has 1 aliphatic rings. The molecule has 0 aromatic heterocycles. The van der Waals surface area contributed by atoms with E-state index in [1.807, 2.05) is 0 Å². The summed E-state index contributed by atoms with van der Waals surface area (Å²) in [6.45, 7) is 0.770. The number of nitrogens with two attached hydrogens (primary N) is 1. The number of likely N-dealkylation sites (tertiary alicyclic amines) is 1. The molecule has 0 bridgehead atoms. The number of hydrogen-bond donors (Lipinski definition) is 2. The van der Waals surface area contributed by atoms with E-state index in [2.05, 4.69) is 5.32 Å². The van der Waals surface area contributed by atoms with E-state index in [0.717, 1.165) is 12.8 Å². The van der Waals surface area contributed by atoms with Gasteiger partial charge in [-0.3, -0.25) is 14.5 Å². The largest absolute Gasteiger partial charge is 0.368 e. The first-order valence-corrected chi connectivity index (χ1v) is 7.52. The van der Waals surface area contributed by atoms with Crippen molar-refractivity contribution in [3.05, 3.63) is 28.2 Å². The minimum Gasteiger partial charge on any atom is -0.368 e. The van der Waals surface area contributed by atoms with Crippen LogP contribution in [0.2, 0.25) is 10.0 Å². The van der Waals surface area contributed by atoms with Gasteiger partial charge in [0, 0.05) is 0 Å². The van der Waals surface area contributed by atoms with Crippen molar-refractivity contribution in [1.29, 1.82) is 0 Å². The standard InChI is InChI=1S/C14H17Cl2N3O2/c15-9-4-3-5-10(16)13(9)18-12(20)8-19-7-2-1-6-11(19)14(17)21/h3-5,11H,1-2,6-8H2,(H2,17,21)(H,18,20). The molecular weight excluding hydrogens is 313 g/mol. The Kier molecular flexibility index (Phi) is 5.45. The number of carbonyl (C=O) groups is 2. The van der Waals surface area contributed by atoms with Crippen molar-refractivity contribution >= 4 is 40.7 Å². The van der Waals surface area contributed by atoms with E-state index >= 15 is 0 Å². The predicted octanol–water partition coefficient (Wildman–Crippen LogP) is 2.27. The van der Waals surface area contributed by atoms with Gasteiger partial charge in [0.2, 0.25) is 11.8 Å². The van der Waals surface area contributed by atoms with Gasteiger partial charge in [0.25, 0.3) is 0 Å². The number of para-hydroxylation sites is 1. The first-order chi connectivity index (χ1) is 9.99. The molecule has 5 nitrogen and oxygen atoms in total. The van der Waals surface area contributed by atoms with E-state index in [9.17, 15) is 9.59 Å². The molecule has 1 unspecified atom stereocenters. The van der Waals surface area contributed by atoms with Crippen molar-refractivity contribution in [3.63, 3.8) is 0 Å². The first kappa shape index (κ1) is 16.1. The Morgan fingerprint density at radius 2 is 1.95 bits per heavy atom. The lowest BCUT2D eigenvalue weighted by Gasteiger charge is -2.32. The Balaban J connectivity index is 2.02. The fourth-order valence-corrected chi connectivity index (χ4v) is 2.98. The van der Waals surface area contributed by atoms with Crippen LogP contribution < -0.4 is 11.1 Å². The lowest BCUT2D eigenvalue weighted by molar-refractivity contribution is -0.126. The monoisotopic (exact) mass is 329 g/mol. The second kappa shape index (κ2) is 7.11. The summed E-state index contributed by atoms with van der Waals surface area (Å²) in [4.78, 5) is 25.3. The number of anilines is 1. The van der Waals surface area contributed by atoms with Crippen LogP contribution in [0.5, 0.6) is 0 Å². The minimum atomic E-state index is -0.390. The van der Waals surface area contributed by atoms with Crippen LogP contribution in [0, 0.1) is 0 Å². The third kappa shape index (κ3) is 4.09. The van der Waals surface area contributed by atoms with Crippen LogP contribution in [-0.4, -0.2) is 35.8 Å². The quantitative estimate of drug-likeness (QED) is 0.889. The van der Waals surface area contributed by atoms with Gasteiger partial charge < -0.3 is 11.1 Å². The predicted molar refractivity (Wildman–Crippen MR) is 83.5 cm³/mol. The van der Waals surface area contributed by atoms with Crippen molar-refractivity contribution in [3.8, 4) is 0 Å². The zero-order valence-corrected chi connectivity index (χ0v) is 13.0. The number of hydrogen-bond acceptors (Lipinski definition) is 3. The van der Waals surface area contributed by atoms with E-state index < -0.39 is 5.91 Å². The van der Waals surface area contributed by atoms with Gasteiger partial charge >= 0.3 is 0 Å². The summed E-state index contributed by atoms with van der Waals surface area (Å²) in [5.41, 5.74) is 5.77. The molecule has 1 atom stereocenters. The maximum atomic E-state index is 12.1. The summed E-state index contributed by atoms with van der Waals surface area (Å²) in [5, 5.41) is 3.44. The lowest BCUT2D eigenvalue weighted by atomic mass is 10.0. The molecule has 1 aliphatic heterocycles. The van der Waals surface area contributed by atoms with Crippen LogP contribution in [0.3, 0.4) is 0 Å². The molecule has 1 saturated heterocycles. The molecule has 21 heavy (non-hydrogen) atoms. The van der Waals surface area contributed by atoms with Crippen molar-refractivity contribution in [2.75, 3.05) is 18.4 Å². The summed E-state index contributed by atoms with van der Waals surface area (Å²) in [6, 6.07) is 4.62. The van der Waals surface area contributed by atoms with E-state index in [4.69, 9.17) is 28.9 Å². The Hall–Kier alpha value is -1.30. The second-order valence-corrected chi connectivity index (χ2v) is 5.84. The molecule has 0 radical (unpaired) electrons. The molecular formula is C14H17Cl2N3O2. The van der Waals surface area contributed by atoms with Gasteiger partial charge in [-0.1, -0.05) is 35.7 Å². The Labute approximate surface area is 133 Å². The summed E-state index contributed by atoms with van der Waals surface area (Å²) >= 11 is 12.0. The molecule has 2 amide bonds. The normalized spacial score (nSPS) is 19.2. The summed E-state index contributed by atoms with van der Waals surface area (Å²) in [6.07, 6.45) is 2.58. The van der Waals surface area contributed by atoms with E-state index in [0.29, 0.717) is 28.7 Å². The van der Waals surface area contributed by atoms with Crippen molar-refractivity contribution in [2.24, 2.45) is 5.73 Å². The van der Waals surface area contributed by atoms with Gasteiger partial charge in [-0.25, -0.2) is 0 Å². The van der Waals surface area contributed by atoms with Gasteiger partial charge in [-0.15, -0.1) is 0 Å². The number of halogens is 2. The number of nitrogens with one attached hydrogen (secondary N) is 1. The first-order valence-electron chi connectivity index (χ1n) is 6.76. The van der Waals surface area contributed by atoms with Crippen molar-refractivity contribution in [1.82, 2.24) is 4.90 Å². The summed E-state index contributed by atoms with van der Waals surface area (Å²) < 4.78 is 0. The number of benzene rings is 1. The minimum absolute atomic E-state index is 0.0924. The summed E-state index contributed by atoms with van der Waals surface area (Å²) in [5.74, 6) is -0.656. The molecule has 1 fully saturated rings. The zero-order chi connectivity index (χ0) is 15.4. The van der Waals surface area contributed by atoms with E-state index in [1.165, 1.54) is 0 Å². The molecule has 0 spiro atoms. The van der Waals surface area contributed by atoms with Crippen LogP contribution in [0.1, 0.15) is 19.3 Å². The highest BCUT2D eigenvalue weighted by atomic mass is 35.5. The maximum absolute atomic E-state index is 12.1. The van der Waals surface area contributed by atoms with Crippen LogP contribution >= 0.6 is 23.2 Å². The Morgan fingerprint density at radius 1 is 1.29 bits per heavy atom. The number of nitrogens with zero attached hydrogens (tertiary/aromatic N) is 1. The number of primary amides is 1. The molecule has 3 N–H and O–H groups in total. The van der Waals surface area contributed by atoms with Gasteiger partial charge in [0.1, 0.15) is 0 Å². The topological polar surface area (TPSA) is 75.4 Å². The second-order valence-electron chi connectivity index (χ2n) is 5.03. The number of rotatable bonds is 4. The van der Waals surface area contributed by atoms with E-state index in [1.54, 1.807) is 23.1 Å². The molecule has 2 rings (SSSR count). The smallest absolute Gasteiger partial charge is 0.238 e. The van der Waals surface area contributed by atoms with Crippen molar-refractivity contribution in [2.45, 2.75) is 25.3 Å². The van der Waals surface area contributed by atoms with Gasteiger partial charge in [0.15, 0.2) is 0 Å². The third-order valence-corrected chi connectivity index (χ3v) is 4.15. The fraction of sp³-hybridized carbons (Fsp3) is 0.429. The average molecular weight is 330 g/mol. The van der Waals surface area contributed by atoms with Crippen molar-refractivity contribution < 1.29 is 9.59 Å². The average Bonchev–Trinajstić information content (AvgIpc) is 2.43. The maximum Gasteiger partial charge on any atom is 0.238 e.